The van der Waals surface area contributed by atoms with E-state index in [9.17, 15) is 9.90 Å². The molecule has 0 aromatic heterocycles. The van der Waals surface area contributed by atoms with E-state index in [1.807, 2.05) is 38.1 Å². The minimum Gasteiger partial charge on any atom is -0.496 e. The van der Waals surface area contributed by atoms with Gasteiger partial charge in [0.1, 0.15) is 11.8 Å². The van der Waals surface area contributed by atoms with Gasteiger partial charge in [-0.15, -0.1) is 0 Å². The molecule has 0 radical (unpaired) electrons. The smallest absolute Gasteiger partial charge is 0.320 e. The maximum Gasteiger partial charge on any atom is 0.320 e. The summed E-state index contributed by atoms with van der Waals surface area (Å²) in [4.78, 5) is 11.5. The van der Waals surface area contributed by atoms with Gasteiger partial charge in [-0.3, -0.25) is 4.79 Å². The second-order valence-corrected chi connectivity index (χ2v) is 6.74. The standard InChI is InChI=1S/C21H27NO3/c1-14(2)11-19(21(23)24)22-13-17-12-16(9-10-20(17)25-4)18-8-6-5-7-15(18)3/h5-10,12,14,19,22H,11,13H2,1-4H3,(H,23,24)/t19-/m1/s1. The van der Waals surface area contributed by atoms with Crippen LogP contribution >= 0.6 is 0 Å². The van der Waals surface area contributed by atoms with Crippen LogP contribution < -0.4 is 10.1 Å². The average molecular weight is 341 g/mol. The molecule has 4 heteroatoms. The summed E-state index contributed by atoms with van der Waals surface area (Å²) in [6.07, 6.45) is 0.592. The number of ether oxygens (including phenoxy) is 1. The molecule has 134 valence electrons. The molecule has 0 bridgehead atoms. The van der Waals surface area contributed by atoms with Gasteiger partial charge in [-0.1, -0.05) is 44.2 Å². The molecule has 25 heavy (non-hydrogen) atoms. The number of carboxylic acid groups (broad SMARTS) is 1. The lowest BCUT2D eigenvalue weighted by Gasteiger charge is -2.18. The van der Waals surface area contributed by atoms with E-state index >= 15 is 0 Å². The number of hydrogen-bond donors (Lipinski definition) is 2. The molecule has 2 aromatic rings. The summed E-state index contributed by atoms with van der Waals surface area (Å²) >= 11 is 0. The van der Waals surface area contributed by atoms with Crippen molar-refractivity contribution in [1.82, 2.24) is 5.32 Å². The Morgan fingerprint density at radius 1 is 1.20 bits per heavy atom. The lowest BCUT2D eigenvalue weighted by Crippen LogP contribution is -2.37. The highest BCUT2D eigenvalue weighted by Gasteiger charge is 2.19. The van der Waals surface area contributed by atoms with Gasteiger partial charge in [0.05, 0.1) is 7.11 Å². The maximum absolute atomic E-state index is 11.5. The highest BCUT2D eigenvalue weighted by Crippen LogP contribution is 2.28. The Morgan fingerprint density at radius 2 is 1.92 bits per heavy atom. The predicted molar refractivity (Wildman–Crippen MR) is 101 cm³/mol. The first-order chi connectivity index (χ1) is 11.9. The zero-order valence-electron chi connectivity index (χ0n) is 15.4. The minimum atomic E-state index is -0.817. The molecule has 0 heterocycles. The first-order valence-corrected chi connectivity index (χ1v) is 8.61. The largest absolute Gasteiger partial charge is 0.496 e. The zero-order valence-corrected chi connectivity index (χ0v) is 15.4. The summed E-state index contributed by atoms with van der Waals surface area (Å²) < 4.78 is 5.45. The summed E-state index contributed by atoms with van der Waals surface area (Å²) in [6.45, 7) is 6.58. The number of rotatable bonds is 8. The van der Waals surface area contributed by atoms with E-state index in [0.29, 0.717) is 18.9 Å². The molecular weight excluding hydrogens is 314 g/mol. The van der Waals surface area contributed by atoms with Gasteiger partial charge in [0.25, 0.3) is 0 Å². The third-order valence-electron chi connectivity index (χ3n) is 4.28. The summed E-state index contributed by atoms with van der Waals surface area (Å²) in [7, 11) is 1.63. The van der Waals surface area contributed by atoms with Crippen LogP contribution in [0.5, 0.6) is 5.75 Å². The van der Waals surface area contributed by atoms with Crippen LogP contribution in [-0.4, -0.2) is 24.2 Å². The van der Waals surface area contributed by atoms with Gasteiger partial charge >= 0.3 is 5.97 Å². The summed E-state index contributed by atoms with van der Waals surface area (Å²) in [6, 6.07) is 13.7. The minimum absolute atomic E-state index is 0.314. The fourth-order valence-corrected chi connectivity index (χ4v) is 2.96. The van der Waals surface area contributed by atoms with Crippen LogP contribution in [0.3, 0.4) is 0 Å². The van der Waals surface area contributed by atoms with E-state index in [2.05, 4.69) is 30.4 Å². The van der Waals surface area contributed by atoms with Crippen molar-refractivity contribution < 1.29 is 14.6 Å². The average Bonchev–Trinajstić information content (AvgIpc) is 2.58. The van der Waals surface area contributed by atoms with Crippen molar-refractivity contribution in [3.63, 3.8) is 0 Å². The Morgan fingerprint density at radius 3 is 2.52 bits per heavy atom. The van der Waals surface area contributed by atoms with Crippen molar-refractivity contribution in [1.29, 1.82) is 0 Å². The van der Waals surface area contributed by atoms with Gasteiger partial charge in [0.2, 0.25) is 0 Å². The monoisotopic (exact) mass is 341 g/mol. The number of aliphatic carboxylic acids is 1. The number of carboxylic acids is 1. The van der Waals surface area contributed by atoms with Gasteiger partial charge in [-0.05, 0) is 48.1 Å². The van der Waals surface area contributed by atoms with Gasteiger partial charge < -0.3 is 15.2 Å². The first kappa shape index (κ1) is 19.0. The Balaban J connectivity index is 2.25. The van der Waals surface area contributed by atoms with Crippen molar-refractivity contribution in [2.24, 2.45) is 5.92 Å². The molecule has 2 rings (SSSR count). The fourth-order valence-electron chi connectivity index (χ4n) is 2.96. The molecule has 0 aliphatic carbocycles. The Hall–Kier alpha value is -2.33. The summed E-state index contributed by atoms with van der Waals surface area (Å²) in [5.74, 6) is 0.259. The molecule has 2 N–H and O–H groups in total. The second kappa shape index (κ2) is 8.67. The third-order valence-corrected chi connectivity index (χ3v) is 4.28. The van der Waals surface area contributed by atoms with E-state index < -0.39 is 12.0 Å². The van der Waals surface area contributed by atoms with E-state index in [4.69, 9.17) is 4.74 Å². The highest BCUT2D eigenvalue weighted by atomic mass is 16.5. The quantitative estimate of drug-likeness (QED) is 0.753. The van der Waals surface area contributed by atoms with E-state index in [1.165, 1.54) is 11.1 Å². The van der Waals surface area contributed by atoms with Crippen LogP contribution in [0.4, 0.5) is 0 Å². The molecule has 1 atom stereocenters. The summed E-state index contributed by atoms with van der Waals surface area (Å²) in [5, 5.41) is 12.6. The van der Waals surface area contributed by atoms with E-state index in [0.717, 1.165) is 16.9 Å². The van der Waals surface area contributed by atoms with Crippen molar-refractivity contribution in [3.05, 3.63) is 53.6 Å². The lowest BCUT2D eigenvalue weighted by atomic mass is 9.98. The van der Waals surface area contributed by atoms with Crippen molar-refractivity contribution >= 4 is 5.97 Å². The Kier molecular flexibility index (Phi) is 6.59. The Bertz CT molecular complexity index is 725. The number of hydrogen-bond acceptors (Lipinski definition) is 3. The normalized spacial score (nSPS) is 12.2. The number of aryl methyl sites for hydroxylation is 1. The second-order valence-electron chi connectivity index (χ2n) is 6.74. The maximum atomic E-state index is 11.5. The predicted octanol–water partition coefficient (Wildman–Crippen LogP) is 4.26. The molecule has 0 aliphatic heterocycles. The molecule has 0 amide bonds. The molecule has 2 aromatic carbocycles. The van der Waals surface area contributed by atoms with Crippen molar-refractivity contribution in [2.45, 2.75) is 39.8 Å². The van der Waals surface area contributed by atoms with Crippen LogP contribution in [0.1, 0.15) is 31.4 Å². The van der Waals surface area contributed by atoms with Gasteiger partial charge in [0.15, 0.2) is 0 Å². The first-order valence-electron chi connectivity index (χ1n) is 8.61. The molecule has 0 saturated carbocycles. The molecule has 0 saturated heterocycles. The SMILES string of the molecule is COc1ccc(-c2ccccc2C)cc1CN[C@H](CC(C)C)C(=O)O. The number of benzene rings is 2. The highest BCUT2D eigenvalue weighted by molar-refractivity contribution is 5.73. The number of methoxy groups -OCH3 is 1. The molecule has 0 unspecified atom stereocenters. The fraction of sp³-hybridized carbons (Fsp3) is 0.381. The molecule has 4 nitrogen and oxygen atoms in total. The lowest BCUT2D eigenvalue weighted by molar-refractivity contribution is -0.140. The third kappa shape index (κ3) is 5.07. The van der Waals surface area contributed by atoms with Crippen LogP contribution in [0.15, 0.2) is 42.5 Å². The molecule has 0 fully saturated rings. The Labute approximate surface area is 149 Å². The van der Waals surface area contributed by atoms with Crippen LogP contribution in [0.2, 0.25) is 0 Å². The van der Waals surface area contributed by atoms with Crippen LogP contribution in [-0.2, 0) is 11.3 Å². The van der Waals surface area contributed by atoms with E-state index in [-0.39, 0.29) is 0 Å². The van der Waals surface area contributed by atoms with Crippen molar-refractivity contribution in [2.75, 3.05) is 7.11 Å². The van der Waals surface area contributed by atoms with Crippen LogP contribution in [0.25, 0.3) is 11.1 Å². The number of nitrogens with one attached hydrogen (secondary N) is 1. The van der Waals surface area contributed by atoms with Crippen LogP contribution in [0, 0.1) is 12.8 Å². The topological polar surface area (TPSA) is 58.6 Å². The summed E-state index contributed by atoms with van der Waals surface area (Å²) in [5.41, 5.74) is 4.43. The van der Waals surface area contributed by atoms with E-state index in [1.54, 1.807) is 7.11 Å². The van der Waals surface area contributed by atoms with Gasteiger partial charge in [-0.2, -0.15) is 0 Å². The van der Waals surface area contributed by atoms with Crippen molar-refractivity contribution in [3.8, 4) is 16.9 Å². The number of carbonyl (C=O) groups is 1. The van der Waals surface area contributed by atoms with Gasteiger partial charge in [-0.25, -0.2) is 0 Å². The molecule has 0 aliphatic rings. The molecule has 0 spiro atoms. The van der Waals surface area contributed by atoms with Gasteiger partial charge in [0, 0.05) is 12.1 Å². The zero-order chi connectivity index (χ0) is 18.4. The molecular formula is C21H27NO3.